The fraction of sp³-hybridized carbons (Fsp3) is 0.438. The van der Waals surface area contributed by atoms with Crippen LogP contribution in [0.5, 0.6) is 5.75 Å². The molecule has 1 aromatic carbocycles. The van der Waals surface area contributed by atoms with Gasteiger partial charge in [-0.2, -0.15) is 0 Å². The first-order valence-corrected chi connectivity index (χ1v) is 8.31. The molecule has 0 spiro atoms. The van der Waals surface area contributed by atoms with Crippen LogP contribution in [-0.4, -0.2) is 18.1 Å². The van der Waals surface area contributed by atoms with Crippen molar-refractivity contribution < 1.29 is 4.74 Å². The number of hydrogen-bond acceptors (Lipinski definition) is 4. The molecule has 2 rings (SSSR count). The second-order valence-corrected chi connectivity index (χ2v) is 6.86. The molecule has 0 amide bonds. The van der Waals surface area contributed by atoms with E-state index in [1.165, 1.54) is 0 Å². The first kappa shape index (κ1) is 16.3. The van der Waals surface area contributed by atoms with Gasteiger partial charge in [-0.15, -0.1) is 11.3 Å². The van der Waals surface area contributed by atoms with Crippen LogP contribution in [0.2, 0.25) is 5.02 Å². The van der Waals surface area contributed by atoms with Gasteiger partial charge in [-0.3, -0.25) is 0 Å². The molecule has 0 fully saturated rings. The van der Waals surface area contributed by atoms with Gasteiger partial charge < -0.3 is 10.5 Å². The number of benzene rings is 1. The van der Waals surface area contributed by atoms with Gasteiger partial charge in [0.05, 0.1) is 22.3 Å². The van der Waals surface area contributed by atoms with E-state index in [-0.39, 0.29) is 5.41 Å². The Morgan fingerprint density at radius 3 is 2.81 bits per heavy atom. The Morgan fingerprint density at radius 1 is 1.33 bits per heavy atom. The summed E-state index contributed by atoms with van der Waals surface area (Å²) in [7, 11) is 0. The number of para-hydroxylation sites is 1. The Balaban J connectivity index is 1.92. The lowest BCUT2D eigenvalue weighted by Gasteiger charge is -2.22. The summed E-state index contributed by atoms with van der Waals surface area (Å²) >= 11 is 7.78. The van der Waals surface area contributed by atoms with E-state index in [1.54, 1.807) is 11.3 Å². The number of aromatic nitrogens is 1. The zero-order valence-electron chi connectivity index (χ0n) is 12.4. The lowest BCUT2D eigenvalue weighted by atomic mass is 9.90. The molecule has 2 N–H and O–H groups in total. The summed E-state index contributed by atoms with van der Waals surface area (Å²) in [5.41, 5.74) is 6.64. The maximum Gasteiger partial charge on any atom is 0.137 e. The average molecular weight is 325 g/mol. The molecule has 1 heterocycles. The van der Waals surface area contributed by atoms with E-state index in [0.717, 1.165) is 29.3 Å². The predicted octanol–water partition coefficient (Wildman–Crippen LogP) is 4.04. The van der Waals surface area contributed by atoms with Crippen LogP contribution < -0.4 is 10.5 Å². The van der Waals surface area contributed by atoms with Gasteiger partial charge in [0, 0.05) is 17.2 Å². The third kappa shape index (κ3) is 4.43. The van der Waals surface area contributed by atoms with Gasteiger partial charge in [0.25, 0.3) is 0 Å². The minimum atomic E-state index is -0.0151. The van der Waals surface area contributed by atoms with Crippen LogP contribution in [0, 0.1) is 0 Å². The topological polar surface area (TPSA) is 48.1 Å². The highest BCUT2D eigenvalue weighted by Crippen LogP contribution is 2.31. The maximum atomic E-state index is 6.08. The number of halogens is 1. The van der Waals surface area contributed by atoms with Crippen molar-refractivity contribution in [3.63, 3.8) is 0 Å². The van der Waals surface area contributed by atoms with Crippen LogP contribution >= 0.6 is 22.9 Å². The smallest absolute Gasteiger partial charge is 0.137 e. The third-order valence-electron chi connectivity index (χ3n) is 3.35. The Morgan fingerprint density at radius 2 is 2.10 bits per heavy atom. The standard InChI is InChI=1S/C16H21ClN2OS/c1-16(2,15-19-12(7-9-18)11-21-15)8-10-20-14-6-4-3-5-13(14)17/h3-6,11H,7-10,18H2,1-2H3. The van der Waals surface area contributed by atoms with E-state index in [0.29, 0.717) is 18.2 Å². The van der Waals surface area contributed by atoms with E-state index in [2.05, 4.69) is 24.2 Å². The van der Waals surface area contributed by atoms with Crippen molar-refractivity contribution >= 4 is 22.9 Å². The molecular formula is C16H21ClN2OS. The number of thiazole rings is 1. The van der Waals surface area contributed by atoms with E-state index in [9.17, 15) is 0 Å². The Kier molecular flexibility index (Phi) is 5.62. The summed E-state index contributed by atoms with van der Waals surface area (Å²) in [4.78, 5) is 4.67. The molecular weight excluding hydrogens is 304 g/mol. The predicted molar refractivity (Wildman–Crippen MR) is 89.5 cm³/mol. The molecule has 0 saturated carbocycles. The van der Waals surface area contributed by atoms with E-state index < -0.39 is 0 Å². The van der Waals surface area contributed by atoms with E-state index in [1.807, 2.05) is 24.3 Å². The second-order valence-electron chi connectivity index (χ2n) is 5.60. The van der Waals surface area contributed by atoms with Crippen molar-refractivity contribution in [1.29, 1.82) is 0 Å². The van der Waals surface area contributed by atoms with Crippen LogP contribution in [0.1, 0.15) is 31.0 Å². The monoisotopic (exact) mass is 324 g/mol. The lowest BCUT2D eigenvalue weighted by Crippen LogP contribution is -2.20. The van der Waals surface area contributed by atoms with Gasteiger partial charge in [-0.1, -0.05) is 37.6 Å². The average Bonchev–Trinajstić information content (AvgIpc) is 2.91. The van der Waals surface area contributed by atoms with Crippen LogP contribution in [0.3, 0.4) is 0 Å². The van der Waals surface area contributed by atoms with Crippen LogP contribution in [0.4, 0.5) is 0 Å². The first-order chi connectivity index (χ1) is 10.0. The molecule has 0 unspecified atom stereocenters. The summed E-state index contributed by atoms with van der Waals surface area (Å²) in [6.07, 6.45) is 1.72. The van der Waals surface area contributed by atoms with Crippen molar-refractivity contribution in [2.24, 2.45) is 5.73 Å². The molecule has 0 aliphatic heterocycles. The van der Waals surface area contributed by atoms with Crippen molar-refractivity contribution in [1.82, 2.24) is 4.98 Å². The number of hydrogen-bond donors (Lipinski definition) is 1. The zero-order chi connectivity index (χ0) is 15.3. The molecule has 0 atom stereocenters. The lowest BCUT2D eigenvalue weighted by molar-refractivity contribution is 0.272. The zero-order valence-corrected chi connectivity index (χ0v) is 14.0. The van der Waals surface area contributed by atoms with Gasteiger partial charge in [0.15, 0.2) is 0 Å². The molecule has 2 aromatic rings. The number of ether oxygens (including phenoxy) is 1. The molecule has 114 valence electrons. The molecule has 1 aromatic heterocycles. The Hall–Kier alpha value is -1.10. The van der Waals surface area contributed by atoms with Crippen molar-refractivity contribution in [2.45, 2.75) is 32.1 Å². The quantitative estimate of drug-likeness (QED) is 0.836. The van der Waals surface area contributed by atoms with Gasteiger partial charge >= 0.3 is 0 Å². The highest BCUT2D eigenvalue weighted by molar-refractivity contribution is 7.09. The highest BCUT2D eigenvalue weighted by Gasteiger charge is 2.24. The Bertz CT molecular complexity index is 583. The molecule has 0 aliphatic carbocycles. The third-order valence-corrected chi connectivity index (χ3v) is 4.92. The minimum absolute atomic E-state index is 0.0151. The SMILES string of the molecule is CC(C)(CCOc1ccccc1Cl)c1nc(CCN)cs1. The minimum Gasteiger partial charge on any atom is -0.492 e. The van der Waals surface area contributed by atoms with Gasteiger partial charge in [0.1, 0.15) is 5.75 Å². The summed E-state index contributed by atoms with van der Waals surface area (Å²) in [5.74, 6) is 0.734. The molecule has 3 nitrogen and oxygen atoms in total. The van der Waals surface area contributed by atoms with Crippen molar-refractivity contribution in [3.05, 3.63) is 45.4 Å². The van der Waals surface area contributed by atoms with Gasteiger partial charge in [0.2, 0.25) is 0 Å². The molecule has 0 aliphatic rings. The molecule has 0 radical (unpaired) electrons. The second kappa shape index (κ2) is 7.25. The fourth-order valence-corrected chi connectivity index (χ4v) is 3.16. The normalized spacial score (nSPS) is 11.6. The van der Waals surface area contributed by atoms with Crippen LogP contribution in [0.25, 0.3) is 0 Å². The Labute approximate surface area is 135 Å². The molecule has 0 bridgehead atoms. The van der Waals surface area contributed by atoms with Crippen molar-refractivity contribution in [3.8, 4) is 5.75 Å². The molecule has 0 saturated heterocycles. The number of nitrogens with zero attached hydrogens (tertiary/aromatic N) is 1. The van der Waals surface area contributed by atoms with E-state index >= 15 is 0 Å². The van der Waals surface area contributed by atoms with Crippen LogP contribution in [0.15, 0.2) is 29.6 Å². The van der Waals surface area contributed by atoms with Crippen LogP contribution in [-0.2, 0) is 11.8 Å². The molecule has 21 heavy (non-hydrogen) atoms. The fourth-order valence-electron chi connectivity index (χ4n) is 1.97. The van der Waals surface area contributed by atoms with Gasteiger partial charge in [-0.25, -0.2) is 4.98 Å². The summed E-state index contributed by atoms with van der Waals surface area (Å²) in [6, 6.07) is 7.54. The summed E-state index contributed by atoms with van der Waals surface area (Å²) < 4.78 is 5.77. The largest absolute Gasteiger partial charge is 0.492 e. The summed E-state index contributed by atoms with van der Waals surface area (Å²) in [6.45, 7) is 5.63. The van der Waals surface area contributed by atoms with Crippen molar-refractivity contribution in [2.75, 3.05) is 13.2 Å². The maximum absolute atomic E-state index is 6.08. The number of nitrogens with two attached hydrogens (primary N) is 1. The summed E-state index contributed by atoms with van der Waals surface area (Å²) in [5, 5.41) is 3.88. The van der Waals surface area contributed by atoms with Gasteiger partial charge in [-0.05, 0) is 25.1 Å². The van der Waals surface area contributed by atoms with E-state index in [4.69, 9.17) is 22.1 Å². The first-order valence-electron chi connectivity index (χ1n) is 7.05. The highest BCUT2D eigenvalue weighted by atomic mass is 35.5. The number of rotatable bonds is 7. The molecule has 5 heteroatoms.